The third-order valence-corrected chi connectivity index (χ3v) is 3.79. The molecule has 0 bridgehead atoms. The number of nitro benzene ring substituents is 1. The van der Waals surface area contributed by atoms with Gasteiger partial charge in [0.25, 0.3) is 5.69 Å². The van der Waals surface area contributed by atoms with Gasteiger partial charge in [-0.2, -0.15) is 5.10 Å². The van der Waals surface area contributed by atoms with Gasteiger partial charge in [-0.1, -0.05) is 29.9 Å². The summed E-state index contributed by atoms with van der Waals surface area (Å²) in [4.78, 5) is 10.9. The van der Waals surface area contributed by atoms with E-state index in [1.54, 1.807) is 12.1 Å². The second-order valence-corrected chi connectivity index (χ2v) is 5.71. The first-order valence-corrected chi connectivity index (χ1v) is 7.23. The van der Waals surface area contributed by atoms with Gasteiger partial charge >= 0.3 is 0 Å². The normalized spacial score (nSPS) is 13.7. The van der Waals surface area contributed by atoms with Crippen molar-refractivity contribution >= 4 is 40.2 Å². The van der Waals surface area contributed by atoms with Crippen molar-refractivity contribution in [1.29, 1.82) is 0 Å². The van der Waals surface area contributed by atoms with Gasteiger partial charge < -0.3 is 0 Å². The number of fused-ring (bicyclic) bond motifs is 1. The Kier molecular flexibility index (Phi) is 3.87. The molecule has 1 N–H and O–H groups in total. The molecule has 2 aromatic carbocycles. The van der Waals surface area contributed by atoms with Crippen LogP contribution in [-0.2, 0) is 6.42 Å². The van der Waals surface area contributed by atoms with Crippen molar-refractivity contribution < 1.29 is 4.92 Å². The largest absolute Gasteiger partial charge is 0.271 e. The molecule has 3 rings (SSSR count). The Morgan fingerprint density at radius 2 is 1.95 bits per heavy atom. The van der Waals surface area contributed by atoms with E-state index in [2.05, 4.69) is 10.5 Å². The SMILES string of the molecule is O=[N+]([O-])c1ccc(C2=NNC(=S)Cc3ccc(Cl)cc32)cc1. The maximum Gasteiger partial charge on any atom is 0.269 e. The summed E-state index contributed by atoms with van der Waals surface area (Å²) in [5.74, 6) is 0. The van der Waals surface area contributed by atoms with Gasteiger partial charge in [0, 0.05) is 34.7 Å². The van der Waals surface area contributed by atoms with Crippen LogP contribution in [0, 0.1) is 10.1 Å². The maximum atomic E-state index is 10.8. The Bertz CT molecular complexity index is 803. The van der Waals surface area contributed by atoms with Crippen molar-refractivity contribution in [1.82, 2.24) is 5.43 Å². The van der Waals surface area contributed by atoms with Crippen LogP contribution in [0.2, 0.25) is 5.02 Å². The molecule has 0 saturated carbocycles. The number of nitrogens with one attached hydrogen (secondary N) is 1. The zero-order valence-electron chi connectivity index (χ0n) is 11.2. The van der Waals surface area contributed by atoms with Gasteiger partial charge in [0.15, 0.2) is 0 Å². The molecule has 0 saturated heterocycles. The minimum Gasteiger partial charge on any atom is -0.271 e. The molecule has 7 heteroatoms. The van der Waals surface area contributed by atoms with Gasteiger partial charge in [-0.25, -0.2) is 0 Å². The molecule has 0 amide bonds. The molecule has 0 spiro atoms. The smallest absolute Gasteiger partial charge is 0.269 e. The van der Waals surface area contributed by atoms with E-state index in [9.17, 15) is 10.1 Å². The van der Waals surface area contributed by atoms with E-state index >= 15 is 0 Å². The van der Waals surface area contributed by atoms with E-state index in [-0.39, 0.29) is 5.69 Å². The third kappa shape index (κ3) is 2.84. The number of benzene rings is 2. The highest BCUT2D eigenvalue weighted by molar-refractivity contribution is 7.80. The second-order valence-electron chi connectivity index (χ2n) is 4.78. The molecule has 0 atom stereocenters. The van der Waals surface area contributed by atoms with Crippen LogP contribution >= 0.6 is 23.8 Å². The van der Waals surface area contributed by atoms with Gasteiger partial charge in [-0.3, -0.25) is 15.5 Å². The fraction of sp³-hybridized carbons (Fsp3) is 0.0667. The number of hydrogen-bond donors (Lipinski definition) is 1. The van der Waals surface area contributed by atoms with Gasteiger partial charge in [-0.15, -0.1) is 0 Å². The van der Waals surface area contributed by atoms with E-state index < -0.39 is 4.92 Å². The van der Waals surface area contributed by atoms with E-state index in [1.165, 1.54) is 12.1 Å². The number of nitro groups is 1. The lowest BCUT2D eigenvalue weighted by Crippen LogP contribution is -2.16. The number of hydrazone groups is 1. The summed E-state index contributed by atoms with van der Waals surface area (Å²) in [6.45, 7) is 0. The Morgan fingerprint density at radius 1 is 1.23 bits per heavy atom. The number of halogens is 1. The Balaban J connectivity index is 2.11. The van der Waals surface area contributed by atoms with E-state index in [1.807, 2.05) is 18.2 Å². The highest BCUT2D eigenvalue weighted by Gasteiger charge is 2.18. The molecule has 0 fully saturated rings. The summed E-state index contributed by atoms with van der Waals surface area (Å²) in [6, 6.07) is 11.8. The van der Waals surface area contributed by atoms with E-state index in [0.717, 1.165) is 16.7 Å². The van der Waals surface area contributed by atoms with Crippen molar-refractivity contribution in [3.05, 3.63) is 74.3 Å². The van der Waals surface area contributed by atoms with Gasteiger partial charge in [0.1, 0.15) is 4.99 Å². The molecule has 110 valence electrons. The maximum absolute atomic E-state index is 10.8. The molecule has 1 aliphatic heterocycles. The molecule has 0 aliphatic carbocycles. The fourth-order valence-electron chi connectivity index (χ4n) is 2.28. The van der Waals surface area contributed by atoms with Crippen molar-refractivity contribution in [2.75, 3.05) is 0 Å². The monoisotopic (exact) mass is 331 g/mol. The number of rotatable bonds is 2. The molecule has 22 heavy (non-hydrogen) atoms. The summed E-state index contributed by atoms with van der Waals surface area (Å²) in [6.07, 6.45) is 0.571. The molecule has 2 aromatic rings. The lowest BCUT2D eigenvalue weighted by atomic mass is 9.96. The van der Waals surface area contributed by atoms with Crippen molar-refractivity contribution in [2.45, 2.75) is 6.42 Å². The highest BCUT2D eigenvalue weighted by atomic mass is 35.5. The molecule has 0 radical (unpaired) electrons. The number of non-ortho nitro benzene ring substituents is 1. The predicted octanol–water partition coefficient (Wildman–Crippen LogP) is 3.47. The molecule has 1 aliphatic rings. The topological polar surface area (TPSA) is 67.5 Å². The number of nitrogens with zero attached hydrogens (tertiary/aromatic N) is 2. The minimum atomic E-state index is -0.434. The summed E-state index contributed by atoms with van der Waals surface area (Å²) in [5, 5.41) is 15.7. The summed E-state index contributed by atoms with van der Waals surface area (Å²) < 4.78 is 0. The first-order chi connectivity index (χ1) is 10.5. The van der Waals surface area contributed by atoms with Crippen LogP contribution in [0.25, 0.3) is 0 Å². The van der Waals surface area contributed by atoms with Crippen LogP contribution in [0.15, 0.2) is 47.6 Å². The van der Waals surface area contributed by atoms with Crippen LogP contribution < -0.4 is 5.43 Å². The summed E-state index contributed by atoms with van der Waals surface area (Å²) in [5.41, 5.74) is 6.17. The van der Waals surface area contributed by atoms with Gasteiger partial charge in [0.05, 0.1) is 10.6 Å². The first kappa shape index (κ1) is 14.6. The van der Waals surface area contributed by atoms with Crippen LogP contribution in [-0.4, -0.2) is 15.6 Å². The zero-order chi connectivity index (χ0) is 15.7. The molecular formula is C15H10ClN3O2S. The van der Waals surface area contributed by atoms with Crippen LogP contribution in [0.1, 0.15) is 16.7 Å². The average Bonchev–Trinajstić information content (AvgIpc) is 2.66. The predicted molar refractivity (Wildman–Crippen MR) is 89.6 cm³/mol. The number of thiocarbonyl (C=S) groups is 1. The molecule has 0 aromatic heterocycles. The minimum absolute atomic E-state index is 0.0350. The Morgan fingerprint density at radius 3 is 2.64 bits per heavy atom. The first-order valence-electron chi connectivity index (χ1n) is 6.45. The van der Waals surface area contributed by atoms with Crippen LogP contribution in [0.3, 0.4) is 0 Å². The Labute approximate surface area is 136 Å². The lowest BCUT2D eigenvalue weighted by Gasteiger charge is -2.09. The van der Waals surface area contributed by atoms with Gasteiger partial charge in [0.2, 0.25) is 0 Å². The summed E-state index contributed by atoms with van der Waals surface area (Å²) in [7, 11) is 0. The molecule has 1 heterocycles. The van der Waals surface area contributed by atoms with Crippen LogP contribution in [0.4, 0.5) is 5.69 Å². The van der Waals surface area contributed by atoms with E-state index in [0.29, 0.717) is 22.1 Å². The zero-order valence-corrected chi connectivity index (χ0v) is 12.8. The van der Waals surface area contributed by atoms with E-state index in [4.69, 9.17) is 23.8 Å². The third-order valence-electron chi connectivity index (χ3n) is 3.32. The fourth-order valence-corrected chi connectivity index (χ4v) is 2.65. The number of hydrogen-bond acceptors (Lipinski definition) is 4. The highest BCUT2D eigenvalue weighted by Crippen LogP contribution is 2.23. The standard InChI is InChI=1S/C15H10ClN3O2S/c16-11-4-1-10-7-14(22)17-18-15(13(10)8-11)9-2-5-12(6-3-9)19(20)21/h1-6,8H,7H2,(H,17,22). The van der Waals surface area contributed by atoms with Crippen LogP contribution in [0.5, 0.6) is 0 Å². The lowest BCUT2D eigenvalue weighted by molar-refractivity contribution is -0.384. The molecule has 5 nitrogen and oxygen atoms in total. The molecular weight excluding hydrogens is 322 g/mol. The Hall–Kier alpha value is -2.31. The van der Waals surface area contributed by atoms with Crippen molar-refractivity contribution in [2.24, 2.45) is 5.10 Å². The average molecular weight is 332 g/mol. The summed E-state index contributed by atoms with van der Waals surface area (Å²) >= 11 is 11.3. The molecule has 0 unspecified atom stereocenters. The van der Waals surface area contributed by atoms with Crippen molar-refractivity contribution in [3.8, 4) is 0 Å². The quantitative estimate of drug-likeness (QED) is 0.520. The second kappa shape index (κ2) is 5.82. The van der Waals surface area contributed by atoms with Gasteiger partial charge in [-0.05, 0) is 29.8 Å². The van der Waals surface area contributed by atoms with Crippen molar-refractivity contribution in [3.63, 3.8) is 0 Å².